The van der Waals surface area contributed by atoms with Crippen LogP contribution in [0, 0.1) is 0 Å². The molecule has 5 heteroatoms. The molecule has 2 aromatic carbocycles. The van der Waals surface area contributed by atoms with E-state index in [-0.39, 0.29) is 11.7 Å². The van der Waals surface area contributed by atoms with Crippen molar-refractivity contribution in [3.8, 4) is 5.75 Å². The van der Waals surface area contributed by atoms with E-state index in [4.69, 9.17) is 0 Å². The summed E-state index contributed by atoms with van der Waals surface area (Å²) in [6, 6.07) is 14.8. The number of carbonyl (C=O) groups excluding carboxylic acids is 1. The predicted molar refractivity (Wildman–Crippen MR) is 88.1 cm³/mol. The summed E-state index contributed by atoms with van der Waals surface area (Å²) >= 11 is 1.54. The second-order valence-corrected chi connectivity index (χ2v) is 6.14. The SMILES string of the molecule is O=C(Cc1ccccc1)NCCc1nc2ccc(O)cc2s1. The standard InChI is InChI=1S/C17H16N2O2S/c20-13-6-7-14-15(11-13)22-17(19-14)8-9-18-16(21)10-12-4-2-1-3-5-12/h1-7,11,20H,8-10H2,(H,18,21). The molecule has 0 unspecified atom stereocenters. The lowest BCUT2D eigenvalue weighted by atomic mass is 10.1. The highest BCUT2D eigenvalue weighted by Gasteiger charge is 2.06. The molecule has 0 saturated carbocycles. The number of thiazole rings is 1. The number of hydrogen-bond donors (Lipinski definition) is 2. The molecule has 0 aliphatic heterocycles. The van der Waals surface area contributed by atoms with Crippen molar-refractivity contribution in [1.29, 1.82) is 0 Å². The third-order valence-corrected chi connectivity index (χ3v) is 4.36. The van der Waals surface area contributed by atoms with Crippen molar-refractivity contribution in [2.75, 3.05) is 6.54 Å². The molecule has 1 amide bonds. The maximum atomic E-state index is 11.9. The van der Waals surface area contributed by atoms with E-state index < -0.39 is 0 Å². The van der Waals surface area contributed by atoms with E-state index in [1.807, 2.05) is 30.3 Å². The Kier molecular flexibility index (Phi) is 4.34. The number of fused-ring (bicyclic) bond motifs is 1. The molecule has 0 atom stereocenters. The van der Waals surface area contributed by atoms with Crippen LogP contribution in [-0.4, -0.2) is 22.5 Å². The third kappa shape index (κ3) is 3.62. The van der Waals surface area contributed by atoms with Gasteiger partial charge in [-0.05, 0) is 23.8 Å². The Morgan fingerprint density at radius 1 is 1.18 bits per heavy atom. The molecule has 0 fully saturated rings. The number of hydrogen-bond acceptors (Lipinski definition) is 4. The van der Waals surface area contributed by atoms with Crippen molar-refractivity contribution in [1.82, 2.24) is 10.3 Å². The van der Waals surface area contributed by atoms with Gasteiger partial charge in [-0.25, -0.2) is 4.98 Å². The van der Waals surface area contributed by atoms with Crippen LogP contribution in [0.5, 0.6) is 5.75 Å². The van der Waals surface area contributed by atoms with Gasteiger partial charge >= 0.3 is 0 Å². The first kappa shape index (κ1) is 14.5. The number of amides is 1. The van der Waals surface area contributed by atoms with Gasteiger partial charge in [0.25, 0.3) is 0 Å². The lowest BCUT2D eigenvalue weighted by molar-refractivity contribution is -0.120. The minimum atomic E-state index is 0.0185. The summed E-state index contributed by atoms with van der Waals surface area (Å²) in [6.07, 6.45) is 1.09. The van der Waals surface area contributed by atoms with Gasteiger partial charge in [0, 0.05) is 13.0 Å². The van der Waals surface area contributed by atoms with Crippen LogP contribution in [0.4, 0.5) is 0 Å². The van der Waals surface area contributed by atoms with E-state index in [1.54, 1.807) is 29.5 Å². The van der Waals surface area contributed by atoms with Crippen LogP contribution in [0.1, 0.15) is 10.6 Å². The van der Waals surface area contributed by atoms with Crippen molar-refractivity contribution in [3.63, 3.8) is 0 Å². The van der Waals surface area contributed by atoms with Gasteiger partial charge in [0.1, 0.15) is 5.75 Å². The maximum Gasteiger partial charge on any atom is 0.224 e. The van der Waals surface area contributed by atoms with Gasteiger partial charge in [-0.3, -0.25) is 4.79 Å². The second-order valence-electron chi connectivity index (χ2n) is 5.02. The van der Waals surface area contributed by atoms with E-state index >= 15 is 0 Å². The molecule has 2 N–H and O–H groups in total. The van der Waals surface area contributed by atoms with Gasteiger partial charge in [0.2, 0.25) is 5.91 Å². The summed E-state index contributed by atoms with van der Waals surface area (Å²) in [6.45, 7) is 0.567. The Balaban J connectivity index is 1.52. The molecule has 112 valence electrons. The number of nitrogens with one attached hydrogen (secondary N) is 1. The number of aromatic hydroxyl groups is 1. The Morgan fingerprint density at radius 2 is 2.00 bits per heavy atom. The Labute approximate surface area is 132 Å². The summed E-state index contributed by atoms with van der Waals surface area (Å²) in [5, 5.41) is 13.3. The zero-order valence-corrected chi connectivity index (χ0v) is 12.8. The molecule has 0 aliphatic rings. The zero-order valence-electron chi connectivity index (χ0n) is 12.0. The molecule has 0 bridgehead atoms. The first-order valence-corrected chi connectivity index (χ1v) is 7.91. The average Bonchev–Trinajstić information content (AvgIpc) is 2.90. The molecule has 3 rings (SSSR count). The first-order chi connectivity index (χ1) is 10.7. The van der Waals surface area contributed by atoms with Gasteiger partial charge in [-0.1, -0.05) is 30.3 Å². The Bertz CT molecular complexity index is 784. The van der Waals surface area contributed by atoms with Gasteiger partial charge in [0.05, 0.1) is 21.6 Å². The van der Waals surface area contributed by atoms with E-state index in [2.05, 4.69) is 10.3 Å². The largest absolute Gasteiger partial charge is 0.508 e. The van der Waals surface area contributed by atoms with Crippen molar-refractivity contribution in [2.45, 2.75) is 12.8 Å². The van der Waals surface area contributed by atoms with Crippen molar-refractivity contribution in [3.05, 3.63) is 59.1 Å². The van der Waals surface area contributed by atoms with Crippen LogP contribution in [0.25, 0.3) is 10.2 Å². The van der Waals surface area contributed by atoms with E-state index in [0.29, 0.717) is 19.4 Å². The zero-order chi connectivity index (χ0) is 15.4. The molecular formula is C17H16N2O2S. The second kappa shape index (κ2) is 6.58. The summed E-state index contributed by atoms with van der Waals surface area (Å²) in [5.74, 6) is 0.267. The highest BCUT2D eigenvalue weighted by molar-refractivity contribution is 7.18. The summed E-state index contributed by atoms with van der Waals surface area (Å²) in [4.78, 5) is 16.3. The van der Waals surface area contributed by atoms with Crippen molar-refractivity contribution >= 4 is 27.5 Å². The maximum absolute atomic E-state index is 11.9. The van der Waals surface area contributed by atoms with Crippen molar-refractivity contribution in [2.24, 2.45) is 0 Å². The molecule has 0 spiro atoms. The van der Waals surface area contributed by atoms with Gasteiger partial charge in [-0.15, -0.1) is 11.3 Å². The number of phenols is 1. The smallest absolute Gasteiger partial charge is 0.224 e. The highest BCUT2D eigenvalue weighted by atomic mass is 32.1. The van der Waals surface area contributed by atoms with Gasteiger partial charge in [0.15, 0.2) is 0 Å². The normalized spacial score (nSPS) is 10.7. The molecular weight excluding hydrogens is 296 g/mol. The fourth-order valence-corrected chi connectivity index (χ4v) is 3.22. The fourth-order valence-electron chi connectivity index (χ4n) is 2.22. The molecule has 3 aromatic rings. The Morgan fingerprint density at radius 3 is 2.82 bits per heavy atom. The van der Waals surface area contributed by atoms with Crippen LogP contribution >= 0.6 is 11.3 Å². The highest BCUT2D eigenvalue weighted by Crippen LogP contribution is 2.25. The van der Waals surface area contributed by atoms with Crippen LogP contribution in [0.2, 0.25) is 0 Å². The number of nitrogens with zero attached hydrogens (tertiary/aromatic N) is 1. The third-order valence-electron chi connectivity index (χ3n) is 3.28. The monoisotopic (exact) mass is 312 g/mol. The van der Waals surface area contributed by atoms with Crippen LogP contribution < -0.4 is 5.32 Å². The Hall–Kier alpha value is -2.40. The molecule has 22 heavy (non-hydrogen) atoms. The minimum absolute atomic E-state index is 0.0185. The lowest BCUT2D eigenvalue weighted by Crippen LogP contribution is -2.27. The first-order valence-electron chi connectivity index (χ1n) is 7.10. The lowest BCUT2D eigenvalue weighted by Gasteiger charge is -2.03. The fraction of sp³-hybridized carbons (Fsp3) is 0.176. The van der Waals surface area contributed by atoms with Crippen LogP contribution in [-0.2, 0) is 17.6 Å². The molecule has 0 aliphatic carbocycles. The van der Waals surface area contributed by atoms with Crippen LogP contribution in [0.3, 0.4) is 0 Å². The van der Waals surface area contributed by atoms with E-state index in [9.17, 15) is 9.90 Å². The number of phenolic OH excluding ortho intramolecular Hbond substituents is 1. The van der Waals surface area contributed by atoms with E-state index in [0.717, 1.165) is 20.8 Å². The quantitative estimate of drug-likeness (QED) is 0.761. The number of carbonyl (C=O) groups is 1. The topological polar surface area (TPSA) is 62.2 Å². The van der Waals surface area contributed by atoms with Crippen LogP contribution in [0.15, 0.2) is 48.5 Å². The summed E-state index contributed by atoms with van der Waals surface area (Å²) < 4.78 is 0.964. The van der Waals surface area contributed by atoms with Gasteiger partial charge < -0.3 is 10.4 Å². The molecule has 0 saturated heterocycles. The van der Waals surface area contributed by atoms with E-state index in [1.165, 1.54) is 0 Å². The summed E-state index contributed by atoms with van der Waals surface area (Å²) in [7, 11) is 0. The van der Waals surface area contributed by atoms with Crippen molar-refractivity contribution < 1.29 is 9.90 Å². The average molecular weight is 312 g/mol. The minimum Gasteiger partial charge on any atom is -0.508 e. The molecule has 1 heterocycles. The number of benzene rings is 2. The molecule has 0 radical (unpaired) electrons. The molecule has 4 nitrogen and oxygen atoms in total. The molecule has 1 aromatic heterocycles. The summed E-state index contributed by atoms with van der Waals surface area (Å²) in [5.41, 5.74) is 1.89. The predicted octanol–water partition coefficient (Wildman–Crippen LogP) is 2.90. The number of aromatic nitrogens is 1. The number of rotatable bonds is 5. The van der Waals surface area contributed by atoms with Gasteiger partial charge in [-0.2, -0.15) is 0 Å².